The first-order valence-electron chi connectivity index (χ1n) is 7.32. The van der Waals surface area contributed by atoms with E-state index in [4.69, 9.17) is 0 Å². The van der Waals surface area contributed by atoms with Crippen LogP contribution in [-0.2, 0) is 10.2 Å². The SMILES string of the molecule is O=C1N(c2ccccc2)c2ccccc2C12CCCC2. The zero-order valence-electron chi connectivity index (χ0n) is 11.4. The summed E-state index contributed by atoms with van der Waals surface area (Å²) in [7, 11) is 0. The van der Waals surface area contributed by atoms with Crippen molar-refractivity contribution in [2.75, 3.05) is 4.90 Å². The fraction of sp³-hybridized carbons (Fsp3) is 0.278. The molecule has 1 saturated carbocycles. The Morgan fingerprint density at radius 1 is 0.850 bits per heavy atom. The molecule has 0 radical (unpaired) electrons. The van der Waals surface area contributed by atoms with Crippen LogP contribution in [0.15, 0.2) is 54.6 Å². The summed E-state index contributed by atoms with van der Waals surface area (Å²) >= 11 is 0. The molecule has 1 fully saturated rings. The number of anilines is 2. The lowest BCUT2D eigenvalue weighted by atomic mass is 9.80. The summed E-state index contributed by atoms with van der Waals surface area (Å²) in [5.41, 5.74) is 3.03. The molecule has 2 aliphatic rings. The Labute approximate surface area is 119 Å². The smallest absolute Gasteiger partial charge is 0.242 e. The van der Waals surface area contributed by atoms with Crippen LogP contribution in [0.3, 0.4) is 0 Å². The highest BCUT2D eigenvalue weighted by Crippen LogP contribution is 2.53. The molecular formula is C18H17NO. The summed E-state index contributed by atoms with van der Waals surface area (Å²) in [6, 6.07) is 18.3. The largest absolute Gasteiger partial charge is 0.280 e. The van der Waals surface area contributed by atoms with E-state index in [9.17, 15) is 4.79 Å². The number of hydrogen-bond acceptors (Lipinski definition) is 1. The monoisotopic (exact) mass is 263 g/mol. The van der Waals surface area contributed by atoms with E-state index in [1.807, 2.05) is 41.3 Å². The van der Waals surface area contributed by atoms with Crippen LogP contribution in [0.2, 0.25) is 0 Å². The number of rotatable bonds is 1. The van der Waals surface area contributed by atoms with Gasteiger partial charge in [-0.05, 0) is 36.6 Å². The van der Waals surface area contributed by atoms with Crippen LogP contribution in [-0.4, -0.2) is 5.91 Å². The summed E-state index contributed by atoms with van der Waals surface area (Å²) < 4.78 is 0. The molecule has 1 aliphatic heterocycles. The first-order valence-corrected chi connectivity index (χ1v) is 7.32. The number of amides is 1. The molecule has 0 unspecified atom stereocenters. The van der Waals surface area contributed by atoms with E-state index in [0.717, 1.165) is 37.1 Å². The molecule has 100 valence electrons. The van der Waals surface area contributed by atoms with Crippen molar-refractivity contribution < 1.29 is 4.79 Å². The topological polar surface area (TPSA) is 20.3 Å². The molecule has 2 aromatic rings. The van der Waals surface area contributed by atoms with Gasteiger partial charge in [0, 0.05) is 5.69 Å². The standard InChI is InChI=1S/C18H17NO/c20-17-18(12-6-7-13-18)15-10-4-5-11-16(15)19(17)14-8-2-1-3-9-14/h1-5,8-11H,6-7,12-13H2. The van der Waals surface area contributed by atoms with Gasteiger partial charge in [-0.15, -0.1) is 0 Å². The van der Waals surface area contributed by atoms with Crippen molar-refractivity contribution in [1.29, 1.82) is 0 Å². The van der Waals surface area contributed by atoms with Crippen LogP contribution in [0.4, 0.5) is 11.4 Å². The lowest BCUT2D eigenvalue weighted by Gasteiger charge is -2.23. The molecule has 2 heteroatoms. The van der Waals surface area contributed by atoms with E-state index in [1.54, 1.807) is 0 Å². The van der Waals surface area contributed by atoms with Crippen molar-refractivity contribution in [3.63, 3.8) is 0 Å². The minimum atomic E-state index is -0.258. The summed E-state index contributed by atoms with van der Waals surface area (Å²) in [5, 5.41) is 0. The van der Waals surface area contributed by atoms with Crippen molar-refractivity contribution in [2.45, 2.75) is 31.1 Å². The zero-order valence-corrected chi connectivity index (χ0v) is 11.4. The van der Waals surface area contributed by atoms with E-state index in [1.165, 1.54) is 5.56 Å². The molecule has 2 aromatic carbocycles. The Morgan fingerprint density at radius 2 is 1.50 bits per heavy atom. The predicted molar refractivity (Wildman–Crippen MR) is 80.2 cm³/mol. The van der Waals surface area contributed by atoms with Crippen LogP contribution in [0.25, 0.3) is 0 Å². The molecule has 2 nitrogen and oxygen atoms in total. The second-order valence-electron chi connectivity index (χ2n) is 5.78. The summed E-state index contributed by atoms with van der Waals surface area (Å²) in [5.74, 6) is 0.266. The van der Waals surface area contributed by atoms with Gasteiger partial charge < -0.3 is 0 Å². The molecule has 0 bridgehead atoms. The van der Waals surface area contributed by atoms with Crippen LogP contribution in [0.5, 0.6) is 0 Å². The van der Waals surface area contributed by atoms with Crippen LogP contribution in [0, 0.1) is 0 Å². The van der Waals surface area contributed by atoms with E-state index in [2.05, 4.69) is 18.2 Å². The van der Waals surface area contributed by atoms with Gasteiger partial charge in [0.15, 0.2) is 0 Å². The van der Waals surface area contributed by atoms with Gasteiger partial charge in [0.05, 0.1) is 11.1 Å². The van der Waals surface area contributed by atoms with E-state index < -0.39 is 0 Å². The molecule has 0 N–H and O–H groups in total. The fourth-order valence-electron chi connectivity index (χ4n) is 3.81. The minimum absolute atomic E-state index is 0.258. The number of carbonyl (C=O) groups excluding carboxylic acids is 1. The number of nitrogens with zero attached hydrogens (tertiary/aromatic N) is 1. The van der Waals surface area contributed by atoms with E-state index in [0.29, 0.717) is 0 Å². The highest BCUT2D eigenvalue weighted by Gasteiger charge is 2.52. The average Bonchev–Trinajstić information content (AvgIpc) is 3.07. The number of carbonyl (C=O) groups is 1. The van der Waals surface area contributed by atoms with Gasteiger partial charge in [0.25, 0.3) is 0 Å². The van der Waals surface area contributed by atoms with Crippen molar-refractivity contribution in [2.24, 2.45) is 0 Å². The van der Waals surface area contributed by atoms with Crippen LogP contribution < -0.4 is 4.90 Å². The molecule has 1 aliphatic carbocycles. The van der Waals surface area contributed by atoms with Crippen LogP contribution in [0.1, 0.15) is 31.2 Å². The summed E-state index contributed by atoms with van der Waals surface area (Å²) in [6.45, 7) is 0. The maximum atomic E-state index is 13.1. The third-order valence-electron chi connectivity index (χ3n) is 4.74. The Morgan fingerprint density at radius 3 is 2.25 bits per heavy atom. The van der Waals surface area contributed by atoms with Crippen molar-refractivity contribution in [3.05, 3.63) is 60.2 Å². The van der Waals surface area contributed by atoms with Gasteiger partial charge in [-0.2, -0.15) is 0 Å². The normalized spacial score (nSPS) is 19.6. The molecule has 1 spiro atoms. The quantitative estimate of drug-likeness (QED) is 0.756. The molecule has 1 amide bonds. The van der Waals surface area contributed by atoms with Gasteiger partial charge in [-0.25, -0.2) is 0 Å². The Kier molecular flexibility index (Phi) is 2.46. The lowest BCUT2D eigenvalue weighted by molar-refractivity contribution is -0.122. The first kappa shape index (κ1) is 11.7. The minimum Gasteiger partial charge on any atom is -0.280 e. The number of hydrogen-bond donors (Lipinski definition) is 0. The molecule has 0 atom stereocenters. The van der Waals surface area contributed by atoms with Gasteiger partial charge in [-0.3, -0.25) is 9.69 Å². The fourth-order valence-corrected chi connectivity index (χ4v) is 3.81. The van der Waals surface area contributed by atoms with Crippen molar-refractivity contribution in [1.82, 2.24) is 0 Å². The van der Waals surface area contributed by atoms with Crippen LogP contribution >= 0.6 is 0 Å². The Hall–Kier alpha value is -2.09. The highest BCUT2D eigenvalue weighted by molar-refractivity contribution is 6.13. The third kappa shape index (κ3) is 1.42. The average molecular weight is 263 g/mol. The second-order valence-corrected chi connectivity index (χ2v) is 5.78. The van der Waals surface area contributed by atoms with E-state index >= 15 is 0 Å². The molecular weight excluding hydrogens is 246 g/mol. The van der Waals surface area contributed by atoms with Crippen molar-refractivity contribution in [3.8, 4) is 0 Å². The summed E-state index contributed by atoms with van der Waals surface area (Å²) in [4.78, 5) is 15.0. The molecule has 4 rings (SSSR count). The van der Waals surface area contributed by atoms with Gasteiger partial charge in [-0.1, -0.05) is 49.2 Å². The zero-order chi connectivity index (χ0) is 13.6. The number of benzene rings is 2. The van der Waals surface area contributed by atoms with Crippen molar-refractivity contribution >= 4 is 17.3 Å². The van der Waals surface area contributed by atoms with Gasteiger partial charge >= 0.3 is 0 Å². The maximum absolute atomic E-state index is 13.1. The predicted octanol–water partition coefficient (Wildman–Crippen LogP) is 4.18. The maximum Gasteiger partial charge on any atom is 0.242 e. The van der Waals surface area contributed by atoms with Gasteiger partial charge in [0.1, 0.15) is 0 Å². The Bertz CT molecular complexity index is 656. The van der Waals surface area contributed by atoms with E-state index in [-0.39, 0.29) is 11.3 Å². The molecule has 1 heterocycles. The Balaban J connectivity index is 1.92. The number of fused-ring (bicyclic) bond motifs is 2. The first-order chi connectivity index (χ1) is 9.83. The molecule has 20 heavy (non-hydrogen) atoms. The third-order valence-corrected chi connectivity index (χ3v) is 4.74. The lowest BCUT2D eigenvalue weighted by Crippen LogP contribution is -2.35. The molecule has 0 saturated heterocycles. The summed E-state index contributed by atoms with van der Waals surface area (Å²) in [6.07, 6.45) is 4.30. The second kappa shape index (κ2) is 4.20. The highest BCUT2D eigenvalue weighted by atomic mass is 16.2. The molecule has 0 aromatic heterocycles. The number of para-hydroxylation sites is 2. The van der Waals surface area contributed by atoms with Gasteiger partial charge in [0.2, 0.25) is 5.91 Å².